The van der Waals surface area contributed by atoms with Crippen LogP contribution < -0.4 is 16.0 Å². The van der Waals surface area contributed by atoms with Gasteiger partial charge in [-0.3, -0.25) is 9.69 Å². The first-order chi connectivity index (χ1) is 11.1. The second-order valence-corrected chi connectivity index (χ2v) is 6.32. The van der Waals surface area contributed by atoms with Crippen LogP contribution in [0.4, 0.5) is 10.5 Å². The van der Waals surface area contributed by atoms with Crippen LogP contribution in [-0.4, -0.2) is 49.1 Å². The van der Waals surface area contributed by atoms with E-state index < -0.39 is 0 Å². The maximum Gasteiger partial charge on any atom is 0.321 e. The van der Waals surface area contributed by atoms with Crippen LogP contribution in [0.15, 0.2) is 24.3 Å². The maximum absolute atomic E-state index is 12.5. The number of likely N-dealkylation sites (tertiary alicyclic amines) is 1. The number of nitrogens with zero attached hydrogens (tertiary/aromatic N) is 2. The SMILES string of the molecule is NC1CCCCN(C(=O)Cc2ccc(N3CCNC3=O)cc2)C1. The van der Waals surface area contributed by atoms with Crippen LogP contribution in [0.1, 0.15) is 24.8 Å². The minimum Gasteiger partial charge on any atom is -0.341 e. The molecule has 0 radical (unpaired) electrons. The molecule has 0 aliphatic carbocycles. The fourth-order valence-corrected chi connectivity index (χ4v) is 3.20. The molecule has 1 aromatic carbocycles. The molecule has 6 heteroatoms. The Balaban J connectivity index is 1.61. The van der Waals surface area contributed by atoms with Gasteiger partial charge in [-0.05, 0) is 30.5 Å². The Morgan fingerprint density at radius 1 is 1.22 bits per heavy atom. The molecule has 0 saturated carbocycles. The molecule has 2 aliphatic rings. The zero-order valence-electron chi connectivity index (χ0n) is 13.3. The van der Waals surface area contributed by atoms with E-state index in [2.05, 4.69) is 5.32 Å². The van der Waals surface area contributed by atoms with Crippen molar-refractivity contribution in [3.8, 4) is 0 Å². The molecule has 23 heavy (non-hydrogen) atoms. The molecule has 2 aliphatic heterocycles. The molecule has 1 aromatic rings. The highest BCUT2D eigenvalue weighted by Crippen LogP contribution is 2.18. The molecular formula is C17H24N4O2. The molecule has 2 saturated heterocycles. The number of amides is 3. The first kappa shape index (κ1) is 15.8. The summed E-state index contributed by atoms with van der Waals surface area (Å²) in [6.07, 6.45) is 3.51. The Labute approximate surface area is 136 Å². The minimum atomic E-state index is -0.0626. The number of rotatable bonds is 3. The summed E-state index contributed by atoms with van der Waals surface area (Å²) in [6, 6.07) is 7.70. The van der Waals surface area contributed by atoms with E-state index in [1.54, 1.807) is 4.90 Å². The van der Waals surface area contributed by atoms with E-state index in [0.717, 1.165) is 37.1 Å². The molecular weight excluding hydrogens is 292 g/mol. The Kier molecular flexibility index (Phi) is 4.81. The van der Waals surface area contributed by atoms with Gasteiger partial charge >= 0.3 is 6.03 Å². The Morgan fingerprint density at radius 3 is 2.70 bits per heavy atom. The lowest BCUT2D eigenvalue weighted by atomic mass is 10.1. The summed E-state index contributed by atoms with van der Waals surface area (Å²) in [5.74, 6) is 0.133. The van der Waals surface area contributed by atoms with Gasteiger partial charge in [-0.25, -0.2) is 4.79 Å². The fraction of sp³-hybridized carbons (Fsp3) is 0.529. The van der Waals surface area contributed by atoms with E-state index in [4.69, 9.17) is 5.73 Å². The third-order valence-electron chi connectivity index (χ3n) is 4.52. The van der Waals surface area contributed by atoms with E-state index in [1.165, 1.54) is 0 Å². The van der Waals surface area contributed by atoms with Gasteiger partial charge in [0.2, 0.25) is 5.91 Å². The van der Waals surface area contributed by atoms with Crippen molar-refractivity contribution in [2.24, 2.45) is 5.73 Å². The van der Waals surface area contributed by atoms with Crippen molar-refractivity contribution in [1.29, 1.82) is 0 Å². The summed E-state index contributed by atoms with van der Waals surface area (Å²) in [7, 11) is 0. The van der Waals surface area contributed by atoms with Crippen molar-refractivity contribution < 1.29 is 9.59 Å². The minimum absolute atomic E-state index is 0.0626. The molecule has 1 unspecified atom stereocenters. The lowest BCUT2D eigenvalue weighted by Crippen LogP contribution is -2.40. The van der Waals surface area contributed by atoms with Gasteiger partial charge < -0.3 is 16.0 Å². The maximum atomic E-state index is 12.5. The molecule has 3 N–H and O–H groups in total. The van der Waals surface area contributed by atoms with Gasteiger partial charge in [-0.1, -0.05) is 18.6 Å². The second-order valence-electron chi connectivity index (χ2n) is 6.32. The van der Waals surface area contributed by atoms with Crippen molar-refractivity contribution in [3.05, 3.63) is 29.8 Å². The standard InChI is InChI=1S/C17H24N4O2/c18-14-3-1-2-9-20(12-14)16(22)11-13-4-6-15(7-5-13)21-10-8-19-17(21)23/h4-7,14H,1-3,8-12,18H2,(H,19,23). The van der Waals surface area contributed by atoms with Crippen LogP contribution in [0.2, 0.25) is 0 Å². The molecule has 2 heterocycles. The first-order valence-corrected chi connectivity index (χ1v) is 8.31. The van der Waals surface area contributed by atoms with Gasteiger partial charge in [-0.15, -0.1) is 0 Å². The molecule has 3 rings (SSSR count). The summed E-state index contributed by atoms with van der Waals surface area (Å²) < 4.78 is 0. The quantitative estimate of drug-likeness (QED) is 0.876. The van der Waals surface area contributed by atoms with Crippen LogP contribution >= 0.6 is 0 Å². The molecule has 1 atom stereocenters. The number of urea groups is 1. The molecule has 2 fully saturated rings. The highest BCUT2D eigenvalue weighted by atomic mass is 16.2. The van der Waals surface area contributed by atoms with Crippen LogP contribution in [-0.2, 0) is 11.2 Å². The van der Waals surface area contributed by atoms with Crippen molar-refractivity contribution in [3.63, 3.8) is 0 Å². The van der Waals surface area contributed by atoms with Gasteiger partial charge in [0.15, 0.2) is 0 Å². The average Bonchev–Trinajstić information content (AvgIpc) is 2.84. The monoisotopic (exact) mass is 316 g/mol. The zero-order chi connectivity index (χ0) is 16.2. The van der Waals surface area contributed by atoms with Crippen LogP contribution in [0.5, 0.6) is 0 Å². The molecule has 0 aromatic heterocycles. The third-order valence-corrected chi connectivity index (χ3v) is 4.52. The number of anilines is 1. The third kappa shape index (κ3) is 3.82. The molecule has 124 valence electrons. The van der Waals surface area contributed by atoms with E-state index in [9.17, 15) is 9.59 Å². The van der Waals surface area contributed by atoms with Crippen LogP contribution in [0.3, 0.4) is 0 Å². The number of carbonyl (C=O) groups excluding carboxylic acids is 2. The molecule has 0 spiro atoms. The summed E-state index contributed by atoms with van der Waals surface area (Å²) >= 11 is 0. The Hall–Kier alpha value is -2.08. The smallest absolute Gasteiger partial charge is 0.321 e. The Bertz CT molecular complexity index is 572. The first-order valence-electron chi connectivity index (χ1n) is 8.31. The fourth-order valence-electron chi connectivity index (χ4n) is 3.20. The van der Waals surface area contributed by atoms with E-state index in [1.807, 2.05) is 29.2 Å². The lowest BCUT2D eigenvalue weighted by molar-refractivity contribution is -0.130. The summed E-state index contributed by atoms with van der Waals surface area (Å²) in [6.45, 7) is 2.82. The predicted molar refractivity (Wildman–Crippen MR) is 89.3 cm³/mol. The zero-order valence-corrected chi connectivity index (χ0v) is 13.3. The molecule has 6 nitrogen and oxygen atoms in total. The normalized spacial score (nSPS) is 22.0. The Morgan fingerprint density at radius 2 is 2.00 bits per heavy atom. The second kappa shape index (κ2) is 7.00. The summed E-state index contributed by atoms with van der Waals surface area (Å²) in [4.78, 5) is 27.7. The van der Waals surface area contributed by atoms with Gasteiger partial charge in [0, 0.05) is 37.9 Å². The van der Waals surface area contributed by atoms with Crippen molar-refractivity contribution in [2.45, 2.75) is 31.7 Å². The van der Waals surface area contributed by atoms with E-state index >= 15 is 0 Å². The van der Waals surface area contributed by atoms with Gasteiger partial charge in [0.1, 0.15) is 0 Å². The number of nitrogens with one attached hydrogen (secondary N) is 1. The lowest BCUT2D eigenvalue weighted by Gasteiger charge is -2.23. The largest absolute Gasteiger partial charge is 0.341 e. The molecule has 3 amide bonds. The van der Waals surface area contributed by atoms with Crippen molar-refractivity contribution >= 4 is 17.6 Å². The number of nitrogens with two attached hydrogens (primary N) is 1. The van der Waals surface area contributed by atoms with Crippen molar-refractivity contribution in [2.75, 3.05) is 31.1 Å². The van der Waals surface area contributed by atoms with Gasteiger partial charge in [-0.2, -0.15) is 0 Å². The topological polar surface area (TPSA) is 78.7 Å². The highest BCUT2D eigenvalue weighted by Gasteiger charge is 2.22. The van der Waals surface area contributed by atoms with Crippen molar-refractivity contribution in [1.82, 2.24) is 10.2 Å². The highest BCUT2D eigenvalue weighted by molar-refractivity contribution is 5.94. The van der Waals surface area contributed by atoms with E-state index in [0.29, 0.717) is 26.1 Å². The van der Waals surface area contributed by atoms with Crippen LogP contribution in [0.25, 0.3) is 0 Å². The van der Waals surface area contributed by atoms with Gasteiger partial charge in [0.25, 0.3) is 0 Å². The number of benzene rings is 1. The van der Waals surface area contributed by atoms with Crippen LogP contribution in [0, 0.1) is 0 Å². The van der Waals surface area contributed by atoms with Gasteiger partial charge in [0.05, 0.1) is 6.42 Å². The summed E-state index contributed by atoms with van der Waals surface area (Å²) in [5.41, 5.74) is 7.86. The number of hydrogen-bond donors (Lipinski definition) is 2. The average molecular weight is 316 g/mol. The van der Waals surface area contributed by atoms with E-state index in [-0.39, 0.29) is 18.0 Å². The summed E-state index contributed by atoms with van der Waals surface area (Å²) in [5, 5.41) is 2.78. The molecule has 0 bridgehead atoms. The number of carbonyl (C=O) groups is 2. The number of hydrogen-bond acceptors (Lipinski definition) is 3. The predicted octanol–water partition coefficient (Wildman–Crippen LogP) is 1.10.